The minimum Gasteiger partial charge on any atom is -0.462 e. The van der Waals surface area contributed by atoms with Crippen molar-refractivity contribution in [3.8, 4) is 0 Å². The number of aliphatic hydroxyl groups is 1. The molecule has 0 aromatic rings. The maximum atomic E-state index is 13.2. The highest BCUT2D eigenvalue weighted by Gasteiger charge is 2.30. The molecule has 0 radical (unpaired) electrons. The van der Waals surface area contributed by atoms with Gasteiger partial charge in [0.05, 0.1) is 26.4 Å². The van der Waals surface area contributed by atoms with Crippen LogP contribution in [0, 0.1) is 5.92 Å². The number of carbonyl (C=O) groups is 4. The molecule has 0 aliphatic heterocycles. The van der Waals surface area contributed by atoms with E-state index in [0.29, 0.717) is 25.7 Å². The van der Waals surface area contributed by atoms with E-state index >= 15 is 0 Å². The smallest absolute Gasteiger partial charge is 0.462 e. The van der Waals surface area contributed by atoms with Crippen LogP contribution in [0.5, 0.6) is 0 Å². The first-order chi connectivity index (χ1) is 51.5. The van der Waals surface area contributed by atoms with Crippen LogP contribution in [0.3, 0.4) is 0 Å². The SMILES string of the molecule is CCCCCC/C=C\C=C/CCCCCCCC(=O)O[C@H](COC(=O)CCCCCCCCCCCCCC)COP(=O)(O)OC[C@H](O)COP(=O)(O)OC[C@@H](COC(=O)CCCCCCCCCCCCCCCCCCCC)OC(=O)CCCCCCCCCCCCCCCCCCCCC(C)C. The fraction of sp³-hybridized carbons (Fsp3) is 0.908. The third-order valence-corrected chi connectivity index (χ3v) is 21.8. The Labute approximate surface area is 650 Å². The van der Waals surface area contributed by atoms with Crippen molar-refractivity contribution >= 4 is 39.5 Å². The first-order valence-electron chi connectivity index (χ1n) is 44.5. The standard InChI is InChI=1S/C87H166O17P2/c1-6-9-12-15-18-21-24-27-29-30-34-38-41-46-51-56-61-66-71-85(90)98-77-83(104-87(92)73-68-63-58-53-48-43-39-35-32-31-33-37-40-44-49-54-59-64-69-80(4)5)79-102-106(95,96)100-75-81(88)74-99-105(93,94)101-78-82(76-97-84(89)70-65-60-55-50-45-26-23-20-17-14-11-8-3)103-86(91)72-67-62-57-52-47-42-36-28-25-22-19-16-13-10-7-2/h22,25,28,36,80-83,88H,6-21,23-24,26-27,29-35,37-79H2,1-5H3,(H,93,94)(H,95,96)/b25-22-,36-28-/t81-,82+,83+/m0/s1. The van der Waals surface area contributed by atoms with E-state index in [4.69, 9.17) is 37.0 Å². The molecule has 0 aliphatic carbocycles. The van der Waals surface area contributed by atoms with Gasteiger partial charge in [0.1, 0.15) is 19.3 Å². The van der Waals surface area contributed by atoms with Crippen molar-refractivity contribution in [2.75, 3.05) is 39.6 Å². The first kappa shape index (κ1) is 104. The number of hydrogen-bond acceptors (Lipinski definition) is 15. The van der Waals surface area contributed by atoms with Crippen LogP contribution in [-0.4, -0.2) is 96.7 Å². The quantitative estimate of drug-likeness (QED) is 0.0169. The van der Waals surface area contributed by atoms with Crippen LogP contribution in [0.1, 0.15) is 446 Å². The lowest BCUT2D eigenvalue weighted by atomic mass is 10.0. The molecule has 0 spiro atoms. The molecule has 106 heavy (non-hydrogen) atoms. The summed E-state index contributed by atoms with van der Waals surface area (Å²) in [5.74, 6) is -1.31. The van der Waals surface area contributed by atoms with Gasteiger partial charge in [-0.2, -0.15) is 0 Å². The summed E-state index contributed by atoms with van der Waals surface area (Å²) in [7, 11) is -9.94. The van der Waals surface area contributed by atoms with Crippen LogP contribution in [0.15, 0.2) is 24.3 Å². The van der Waals surface area contributed by atoms with Gasteiger partial charge in [-0.25, -0.2) is 9.13 Å². The maximum absolute atomic E-state index is 13.2. The van der Waals surface area contributed by atoms with Crippen LogP contribution >= 0.6 is 15.6 Å². The lowest BCUT2D eigenvalue weighted by Crippen LogP contribution is -2.30. The Morgan fingerprint density at radius 2 is 0.509 bits per heavy atom. The van der Waals surface area contributed by atoms with E-state index in [9.17, 15) is 43.2 Å². The highest BCUT2D eigenvalue weighted by Crippen LogP contribution is 2.45. The van der Waals surface area contributed by atoms with Gasteiger partial charge in [0.15, 0.2) is 12.2 Å². The summed E-state index contributed by atoms with van der Waals surface area (Å²) in [6.07, 6.45) is 75.7. The van der Waals surface area contributed by atoms with Crippen molar-refractivity contribution in [2.24, 2.45) is 5.92 Å². The molecular weight excluding hydrogens is 1380 g/mol. The molecule has 0 aromatic carbocycles. The Kier molecular flexibility index (Phi) is 77.4. The Morgan fingerprint density at radius 1 is 0.292 bits per heavy atom. The van der Waals surface area contributed by atoms with Crippen molar-refractivity contribution in [3.05, 3.63) is 24.3 Å². The third-order valence-electron chi connectivity index (χ3n) is 19.9. The molecule has 626 valence electrons. The predicted molar refractivity (Wildman–Crippen MR) is 437 cm³/mol. The monoisotopic (exact) mass is 1550 g/mol. The summed E-state index contributed by atoms with van der Waals surface area (Å²) in [6, 6.07) is 0. The second-order valence-corrected chi connectivity index (χ2v) is 34.0. The van der Waals surface area contributed by atoms with Gasteiger partial charge in [0.2, 0.25) is 0 Å². The van der Waals surface area contributed by atoms with E-state index < -0.39 is 97.5 Å². The molecule has 5 atom stereocenters. The molecule has 0 saturated heterocycles. The minimum atomic E-state index is -4.97. The molecular formula is C87H166O17P2. The van der Waals surface area contributed by atoms with E-state index in [1.807, 2.05) is 0 Å². The molecule has 19 heteroatoms. The lowest BCUT2D eigenvalue weighted by Gasteiger charge is -2.21. The lowest BCUT2D eigenvalue weighted by molar-refractivity contribution is -0.161. The zero-order valence-corrected chi connectivity index (χ0v) is 70.9. The van der Waals surface area contributed by atoms with Crippen molar-refractivity contribution in [2.45, 2.75) is 464 Å². The largest absolute Gasteiger partial charge is 0.472 e. The summed E-state index contributed by atoms with van der Waals surface area (Å²) in [4.78, 5) is 73.2. The van der Waals surface area contributed by atoms with E-state index in [1.165, 1.54) is 257 Å². The third kappa shape index (κ3) is 79.6. The number of carbonyl (C=O) groups excluding carboxylic acids is 4. The Hall–Kier alpha value is -2.46. The fourth-order valence-electron chi connectivity index (χ4n) is 13.1. The number of ether oxygens (including phenoxy) is 4. The average Bonchev–Trinajstić information content (AvgIpc) is 0.903. The van der Waals surface area contributed by atoms with Gasteiger partial charge in [-0.1, -0.05) is 393 Å². The molecule has 3 N–H and O–H groups in total. The first-order valence-corrected chi connectivity index (χ1v) is 47.4. The summed E-state index contributed by atoms with van der Waals surface area (Å²) < 4.78 is 68.9. The average molecular weight is 1550 g/mol. The van der Waals surface area contributed by atoms with E-state index in [2.05, 4.69) is 58.9 Å². The molecule has 17 nitrogen and oxygen atoms in total. The van der Waals surface area contributed by atoms with Crippen molar-refractivity contribution in [1.29, 1.82) is 0 Å². The van der Waals surface area contributed by atoms with Gasteiger partial charge >= 0.3 is 39.5 Å². The van der Waals surface area contributed by atoms with Gasteiger partial charge in [-0.05, 0) is 57.3 Å². The van der Waals surface area contributed by atoms with Crippen molar-refractivity contribution < 1.29 is 80.2 Å². The van der Waals surface area contributed by atoms with E-state index in [-0.39, 0.29) is 25.7 Å². The van der Waals surface area contributed by atoms with Gasteiger partial charge in [-0.3, -0.25) is 37.3 Å². The molecule has 0 bridgehead atoms. The van der Waals surface area contributed by atoms with Crippen LogP contribution < -0.4 is 0 Å². The van der Waals surface area contributed by atoms with Gasteiger partial charge in [0.25, 0.3) is 0 Å². The Bertz CT molecular complexity index is 2110. The van der Waals surface area contributed by atoms with E-state index in [1.54, 1.807) is 0 Å². The summed E-state index contributed by atoms with van der Waals surface area (Å²) >= 11 is 0. The van der Waals surface area contributed by atoms with E-state index in [0.717, 1.165) is 109 Å². The summed E-state index contributed by atoms with van der Waals surface area (Å²) in [5, 5.41) is 10.7. The number of phosphoric acid groups is 2. The molecule has 0 heterocycles. The molecule has 0 fully saturated rings. The van der Waals surface area contributed by atoms with Crippen LogP contribution in [0.4, 0.5) is 0 Å². The highest BCUT2D eigenvalue weighted by molar-refractivity contribution is 7.47. The molecule has 0 amide bonds. The topological polar surface area (TPSA) is 237 Å². The zero-order valence-electron chi connectivity index (χ0n) is 69.1. The number of allylic oxidation sites excluding steroid dienone is 4. The van der Waals surface area contributed by atoms with Crippen molar-refractivity contribution in [3.63, 3.8) is 0 Å². The van der Waals surface area contributed by atoms with Crippen LogP contribution in [0.25, 0.3) is 0 Å². The number of unbranched alkanes of at least 4 members (excludes halogenated alkanes) is 54. The zero-order chi connectivity index (χ0) is 77.6. The molecule has 0 saturated carbocycles. The number of esters is 4. The summed E-state index contributed by atoms with van der Waals surface area (Å²) in [6.45, 7) is 7.34. The van der Waals surface area contributed by atoms with Gasteiger partial charge in [-0.15, -0.1) is 0 Å². The number of aliphatic hydroxyl groups excluding tert-OH is 1. The highest BCUT2D eigenvalue weighted by atomic mass is 31.2. The second kappa shape index (κ2) is 79.2. The van der Waals surface area contributed by atoms with Gasteiger partial charge < -0.3 is 33.8 Å². The summed E-state index contributed by atoms with van der Waals surface area (Å²) in [5.41, 5.74) is 0. The fourth-order valence-corrected chi connectivity index (χ4v) is 14.7. The normalized spacial score (nSPS) is 13.9. The molecule has 0 rings (SSSR count). The second-order valence-electron chi connectivity index (χ2n) is 31.1. The van der Waals surface area contributed by atoms with Crippen LogP contribution in [0.2, 0.25) is 0 Å². The molecule has 0 aromatic heterocycles. The molecule has 2 unspecified atom stereocenters. The molecule has 0 aliphatic rings. The van der Waals surface area contributed by atoms with Crippen molar-refractivity contribution in [1.82, 2.24) is 0 Å². The number of rotatable bonds is 85. The van der Waals surface area contributed by atoms with Crippen LogP contribution in [-0.2, 0) is 65.4 Å². The Morgan fingerprint density at radius 3 is 0.774 bits per heavy atom. The number of phosphoric ester groups is 2. The van der Waals surface area contributed by atoms with Gasteiger partial charge in [0, 0.05) is 25.7 Å². The predicted octanol–water partition coefficient (Wildman–Crippen LogP) is 26.3. The number of hydrogen-bond donors (Lipinski definition) is 3. The maximum Gasteiger partial charge on any atom is 0.472 e. The Balaban J connectivity index is 5.27. The minimum absolute atomic E-state index is 0.0859.